The Morgan fingerprint density at radius 1 is 1.20 bits per heavy atom. The topological polar surface area (TPSA) is 82.6 Å². The second-order valence-electron chi connectivity index (χ2n) is 8.30. The monoisotopic (exact) mass is 470 g/mol. The van der Waals surface area contributed by atoms with Crippen LogP contribution in [0.1, 0.15) is 39.5 Å². The van der Waals surface area contributed by atoms with Gasteiger partial charge in [0.05, 0.1) is 0 Å². The fraction of sp³-hybridized carbons (Fsp3) is 0.600. The molecule has 1 N–H and O–H groups in total. The molecule has 1 atom stereocenters. The summed E-state index contributed by atoms with van der Waals surface area (Å²) in [5.41, 5.74) is 0. The molecule has 0 aromatic carbocycles. The second kappa shape index (κ2) is 8.70. The fourth-order valence-electron chi connectivity index (χ4n) is 4.34. The van der Waals surface area contributed by atoms with Gasteiger partial charge in [-0.25, -0.2) is 13.4 Å². The molecule has 10 heteroatoms. The molecule has 1 unspecified atom stereocenters. The minimum atomic E-state index is -3.81. The van der Waals surface area contributed by atoms with E-state index in [1.54, 1.807) is 18.2 Å². The number of pyridine rings is 1. The first-order chi connectivity index (χ1) is 14.2. The van der Waals surface area contributed by atoms with Crippen molar-refractivity contribution >= 4 is 49.1 Å². The van der Waals surface area contributed by atoms with Crippen molar-refractivity contribution in [2.45, 2.75) is 61.9 Å². The Balaban J connectivity index is 1.46. The number of sulfonamides is 1. The molecule has 0 aliphatic carbocycles. The molecule has 164 valence electrons. The predicted octanol–water partition coefficient (Wildman–Crippen LogP) is 3.09. The van der Waals surface area contributed by atoms with Crippen LogP contribution in [0.25, 0.3) is 10.2 Å². The van der Waals surface area contributed by atoms with Crippen LogP contribution in [0.2, 0.25) is 5.15 Å². The van der Waals surface area contributed by atoms with Gasteiger partial charge in [0, 0.05) is 37.1 Å². The molecule has 2 aromatic heterocycles. The van der Waals surface area contributed by atoms with E-state index in [1.807, 2.05) is 4.90 Å². The lowest BCUT2D eigenvalue weighted by atomic mass is 9.97. The first-order valence-corrected chi connectivity index (χ1v) is 13.1. The molecule has 1 amide bonds. The first-order valence-electron chi connectivity index (χ1n) is 10.4. The van der Waals surface area contributed by atoms with Crippen molar-refractivity contribution in [3.05, 3.63) is 23.4 Å². The molecular weight excluding hydrogens is 444 g/mol. The van der Waals surface area contributed by atoms with E-state index in [0.717, 1.165) is 49.1 Å². The highest BCUT2D eigenvalue weighted by Gasteiger charge is 2.37. The number of hydrogen-bond acceptors (Lipinski definition) is 6. The van der Waals surface area contributed by atoms with E-state index in [4.69, 9.17) is 11.6 Å². The van der Waals surface area contributed by atoms with Gasteiger partial charge in [0.2, 0.25) is 5.91 Å². The lowest BCUT2D eigenvalue weighted by molar-refractivity contribution is -0.139. The number of nitrogens with zero attached hydrogens (tertiary/aromatic N) is 3. The third kappa shape index (κ3) is 4.50. The van der Waals surface area contributed by atoms with Crippen molar-refractivity contribution in [3.8, 4) is 0 Å². The summed E-state index contributed by atoms with van der Waals surface area (Å²) in [6.45, 7) is 7.03. The fourth-order valence-corrected chi connectivity index (χ4v) is 7.11. The van der Waals surface area contributed by atoms with Gasteiger partial charge in [0.1, 0.15) is 20.2 Å². The highest BCUT2D eigenvalue weighted by molar-refractivity contribution is 7.91. The predicted molar refractivity (Wildman–Crippen MR) is 119 cm³/mol. The second-order valence-corrected chi connectivity index (χ2v) is 11.7. The Bertz CT molecular complexity index is 1030. The Morgan fingerprint density at radius 3 is 2.63 bits per heavy atom. The summed E-state index contributed by atoms with van der Waals surface area (Å²) in [6.07, 6.45) is 3.19. The van der Waals surface area contributed by atoms with Gasteiger partial charge in [0.25, 0.3) is 10.0 Å². The first kappa shape index (κ1) is 22.0. The lowest BCUT2D eigenvalue weighted by Crippen LogP contribution is -2.57. The standard InChI is InChI=1S/C20H27ClN4O3S2/c1-13(2)24-10-7-15(8-11-24)25-9-3-4-16(20(25)26)23-30(27,28)18-12-14-5-6-17(21)22-19(14)29-18/h5-6,12-13,15-16,23H,3-4,7-11H2,1-2H3. The largest absolute Gasteiger partial charge is 0.338 e. The van der Waals surface area contributed by atoms with Gasteiger partial charge in [-0.2, -0.15) is 4.72 Å². The van der Waals surface area contributed by atoms with Gasteiger partial charge in [-0.1, -0.05) is 11.6 Å². The number of piperidine rings is 2. The molecule has 30 heavy (non-hydrogen) atoms. The van der Waals surface area contributed by atoms with Crippen molar-refractivity contribution < 1.29 is 13.2 Å². The maximum absolute atomic E-state index is 13.1. The maximum atomic E-state index is 13.1. The number of carbonyl (C=O) groups is 1. The van der Waals surface area contributed by atoms with Crippen LogP contribution in [0.3, 0.4) is 0 Å². The van der Waals surface area contributed by atoms with Crippen molar-refractivity contribution in [3.63, 3.8) is 0 Å². The van der Waals surface area contributed by atoms with E-state index in [-0.39, 0.29) is 16.2 Å². The molecule has 0 radical (unpaired) electrons. The number of rotatable bonds is 5. The number of amides is 1. The minimum absolute atomic E-state index is 0.102. The van der Waals surface area contributed by atoms with Crippen LogP contribution in [-0.4, -0.2) is 66.9 Å². The zero-order chi connectivity index (χ0) is 21.5. The van der Waals surface area contributed by atoms with Gasteiger partial charge < -0.3 is 9.80 Å². The highest BCUT2D eigenvalue weighted by Crippen LogP contribution is 2.30. The smallest absolute Gasteiger partial charge is 0.250 e. The molecule has 2 saturated heterocycles. The van der Waals surface area contributed by atoms with Crippen molar-refractivity contribution in [2.24, 2.45) is 0 Å². The third-order valence-electron chi connectivity index (χ3n) is 6.03. The van der Waals surface area contributed by atoms with Crippen LogP contribution in [0.4, 0.5) is 0 Å². The molecule has 2 fully saturated rings. The average molecular weight is 471 g/mol. The molecule has 0 spiro atoms. The number of hydrogen-bond donors (Lipinski definition) is 1. The van der Waals surface area contributed by atoms with Crippen LogP contribution in [0.15, 0.2) is 22.4 Å². The summed E-state index contributed by atoms with van der Waals surface area (Å²) in [6, 6.07) is 4.95. The zero-order valence-corrected chi connectivity index (χ0v) is 19.6. The van der Waals surface area contributed by atoms with E-state index in [1.165, 1.54) is 0 Å². The third-order valence-corrected chi connectivity index (χ3v) is 9.23. The molecule has 0 bridgehead atoms. The number of nitrogens with one attached hydrogen (secondary N) is 1. The molecule has 2 aromatic rings. The summed E-state index contributed by atoms with van der Waals surface area (Å²) in [7, 11) is -3.81. The number of likely N-dealkylation sites (tertiary alicyclic amines) is 2. The van der Waals surface area contributed by atoms with Gasteiger partial charge >= 0.3 is 0 Å². The number of aromatic nitrogens is 1. The Kier molecular flexibility index (Phi) is 6.37. The molecular formula is C20H27ClN4O3S2. The number of fused-ring (bicyclic) bond motifs is 1. The normalized spacial score (nSPS) is 22.3. The van der Waals surface area contributed by atoms with E-state index in [2.05, 4.69) is 28.5 Å². The van der Waals surface area contributed by atoms with Gasteiger partial charge in [-0.3, -0.25) is 4.79 Å². The van der Waals surface area contributed by atoms with Gasteiger partial charge in [-0.15, -0.1) is 11.3 Å². The summed E-state index contributed by atoms with van der Waals surface area (Å²) >= 11 is 6.97. The minimum Gasteiger partial charge on any atom is -0.338 e. The summed E-state index contributed by atoms with van der Waals surface area (Å²) < 4.78 is 28.7. The van der Waals surface area contributed by atoms with E-state index >= 15 is 0 Å². The summed E-state index contributed by atoms with van der Waals surface area (Å²) in [5, 5.41) is 1.04. The van der Waals surface area contributed by atoms with Crippen LogP contribution in [-0.2, 0) is 14.8 Å². The lowest BCUT2D eigenvalue weighted by Gasteiger charge is -2.43. The van der Waals surface area contributed by atoms with Crippen molar-refractivity contribution in [1.82, 2.24) is 19.5 Å². The quantitative estimate of drug-likeness (QED) is 0.679. The summed E-state index contributed by atoms with van der Waals surface area (Å²) in [4.78, 5) is 22.2. The Morgan fingerprint density at radius 2 is 1.93 bits per heavy atom. The Labute approximate surface area is 186 Å². The molecule has 4 rings (SSSR count). The van der Waals surface area contributed by atoms with Gasteiger partial charge in [-0.05, 0) is 57.7 Å². The summed E-state index contributed by atoms with van der Waals surface area (Å²) in [5.74, 6) is -0.102. The molecule has 0 saturated carbocycles. The number of carbonyl (C=O) groups excluding carboxylic acids is 1. The van der Waals surface area contributed by atoms with Crippen LogP contribution < -0.4 is 4.72 Å². The number of thiophene rings is 1. The molecule has 2 aliphatic heterocycles. The molecule has 4 heterocycles. The van der Waals surface area contributed by atoms with Crippen LogP contribution >= 0.6 is 22.9 Å². The highest BCUT2D eigenvalue weighted by atomic mass is 35.5. The van der Waals surface area contributed by atoms with Crippen molar-refractivity contribution in [2.75, 3.05) is 19.6 Å². The maximum Gasteiger partial charge on any atom is 0.250 e. The van der Waals surface area contributed by atoms with Crippen LogP contribution in [0, 0.1) is 0 Å². The molecule has 2 aliphatic rings. The zero-order valence-electron chi connectivity index (χ0n) is 17.2. The number of halogens is 1. The SMILES string of the molecule is CC(C)N1CCC(N2CCCC(NS(=O)(=O)c3cc4ccc(Cl)nc4s3)C2=O)CC1. The van der Waals surface area contributed by atoms with E-state index in [9.17, 15) is 13.2 Å². The molecule has 7 nitrogen and oxygen atoms in total. The van der Waals surface area contributed by atoms with Crippen LogP contribution in [0.5, 0.6) is 0 Å². The van der Waals surface area contributed by atoms with E-state index in [0.29, 0.717) is 29.0 Å². The van der Waals surface area contributed by atoms with Gasteiger partial charge in [0.15, 0.2) is 0 Å². The Hall–Kier alpha value is -1.26. The van der Waals surface area contributed by atoms with Crippen molar-refractivity contribution in [1.29, 1.82) is 0 Å². The average Bonchev–Trinajstić information content (AvgIpc) is 3.14. The van der Waals surface area contributed by atoms with E-state index < -0.39 is 16.1 Å².